The van der Waals surface area contributed by atoms with Gasteiger partial charge < -0.3 is 10.1 Å². The van der Waals surface area contributed by atoms with Crippen molar-refractivity contribution in [2.24, 2.45) is 0 Å². The number of carbonyl (C=O) groups excluding carboxylic acids is 1. The Morgan fingerprint density at radius 1 is 1.50 bits per heavy atom. The Kier molecular flexibility index (Phi) is 5.57. The molecular formula is C13H18N4O2S. The van der Waals surface area contributed by atoms with E-state index in [0.717, 1.165) is 6.42 Å². The van der Waals surface area contributed by atoms with E-state index in [1.807, 2.05) is 11.4 Å². The SMILES string of the molecule is COCCCNC(=O)Nc1ccnn1Cc1ccsc1. The van der Waals surface area contributed by atoms with Crippen LogP contribution >= 0.6 is 11.3 Å². The number of rotatable bonds is 7. The number of anilines is 1. The van der Waals surface area contributed by atoms with Crippen molar-refractivity contribution in [1.82, 2.24) is 15.1 Å². The van der Waals surface area contributed by atoms with Crippen molar-refractivity contribution >= 4 is 23.2 Å². The number of nitrogens with zero attached hydrogens (tertiary/aromatic N) is 2. The van der Waals surface area contributed by atoms with Crippen LogP contribution in [-0.4, -0.2) is 36.1 Å². The number of hydrogen-bond acceptors (Lipinski definition) is 4. The second kappa shape index (κ2) is 7.66. The van der Waals surface area contributed by atoms with Crippen molar-refractivity contribution in [3.05, 3.63) is 34.7 Å². The fraction of sp³-hybridized carbons (Fsp3) is 0.385. The van der Waals surface area contributed by atoms with Gasteiger partial charge >= 0.3 is 6.03 Å². The van der Waals surface area contributed by atoms with Gasteiger partial charge in [0.1, 0.15) is 5.82 Å². The van der Waals surface area contributed by atoms with Gasteiger partial charge in [0, 0.05) is 26.3 Å². The van der Waals surface area contributed by atoms with E-state index in [1.165, 1.54) is 5.56 Å². The maximum Gasteiger partial charge on any atom is 0.320 e. The lowest BCUT2D eigenvalue weighted by atomic mass is 10.3. The summed E-state index contributed by atoms with van der Waals surface area (Å²) in [7, 11) is 1.64. The lowest BCUT2D eigenvalue weighted by Gasteiger charge is -2.09. The van der Waals surface area contributed by atoms with Gasteiger partial charge in [-0.15, -0.1) is 0 Å². The van der Waals surface area contributed by atoms with Crippen LogP contribution in [-0.2, 0) is 11.3 Å². The number of thiophene rings is 1. The molecule has 20 heavy (non-hydrogen) atoms. The predicted molar refractivity (Wildman–Crippen MR) is 79.2 cm³/mol. The van der Waals surface area contributed by atoms with Gasteiger partial charge in [-0.05, 0) is 28.8 Å². The maximum absolute atomic E-state index is 11.7. The molecule has 2 N–H and O–H groups in total. The topological polar surface area (TPSA) is 68.2 Å². The molecule has 0 saturated heterocycles. The minimum atomic E-state index is -0.229. The van der Waals surface area contributed by atoms with Gasteiger partial charge in [0.15, 0.2) is 0 Å². The third-order valence-corrected chi connectivity index (χ3v) is 3.41. The monoisotopic (exact) mass is 294 g/mol. The number of amides is 2. The first kappa shape index (κ1) is 14.5. The maximum atomic E-state index is 11.7. The zero-order valence-electron chi connectivity index (χ0n) is 11.3. The zero-order valence-corrected chi connectivity index (χ0v) is 12.2. The standard InChI is InChI=1S/C13H18N4O2S/c1-19-7-2-5-14-13(18)16-12-3-6-15-17(12)9-11-4-8-20-10-11/h3-4,6,8,10H,2,5,7,9H2,1H3,(H2,14,16,18). The molecular weight excluding hydrogens is 276 g/mol. The van der Waals surface area contributed by atoms with Crippen molar-refractivity contribution in [3.63, 3.8) is 0 Å². The summed E-state index contributed by atoms with van der Waals surface area (Å²) in [6.45, 7) is 1.87. The van der Waals surface area contributed by atoms with Crippen molar-refractivity contribution in [2.45, 2.75) is 13.0 Å². The molecule has 7 heteroatoms. The molecule has 0 atom stereocenters. The second-order valence-corrected chi connectivity index (χ2v) is 5.01. The van der Waals surface area contributed by atoms with Crippen LogP contribution < -0.4 is 10.6 Å². The van der Waals surface area contributed by atoms with E-state index in [0.29, 0.717) is 25.5 Å². The zero-order chi connectivity index (χ0) is 14.2. The summed E-state index contributed by atoms with van der Waals surface area (Å²) in [5.74, 6) is 0.681. The number of ether oxygens (including phenoxy) is 1. The van der Waals surface area contributed by atoms with E-state index in [4.69, 9.17) is 4.74 Å². The molecule has 0 saturated carbocycles. The van der Waals surface area contributed by atoms with Crippen molar-refractivity contribution in [1.29, 1.82) is 0 Å². The average Bonchev–Trinajstić information content (AvgIpc) is 3.08. The predicted octanol–water partition coefficient (Wildman–Crippen LogP) is 2.15. The van der Waals surface area contributed by atoms with Crippen LogP contribution in [0.2, 0.25) is 0 Å². The summed E-state index contributed by atoms with van der Waals surface area (Å²) in [5, 5.41) is 13.9. The van der Waals surface area contributed by atoms with Gasteiger partial charge in [-0.3, -0.25) is 5.32 Å². The van der Waals surface area contributed by atoms with Crippen LogP contribution in [0, 0.1) is 0 Å². The van der Waals surface area contributed by atoms with Crippen LogP contribution in [0.25, 0.3) is 0 Å². The first-order chi connectivity index (χ1) is 9.79. The Labute approximate surface area is 121 Å². The van der Waals surface area contributed by atoms with Crippen molar-refractivity contribution in [3.8, 4) is 0 Å². The molecule has 2 aromatic rings. The van der Waals surface area contributed by atoms with Crippen LogP contribution in [0.4, 0.5) is 10.6 Å². The molecule has 0 aliphatic carbocycles. The van der Waals surface area contributed by atoms with Gasteiger partial charge in [0.25, 0.3) is 0 Å². The number of carbonyl (C=O) groups is 1. The number of nitrogens with one attached hydrogen (secondary N) is 2. The average molecular weight is 294 g/mol. The quantitative estimate of drug-likeness (QED) is 0.769. The lowest BCUT2D eigenvalue weighted by Crippen LogP contribution is -2.31. The summed E-state index contributed by atoms with van der Waals surface area (Å²) in [4.78, 5) is 11.7. The number of urea groups is 1. The van der Waals surface area contributed by atoms with E-state index in [2.05, 4.69) is 21.1 Å². The van der Waals surface area contributed by atoms with Gasteiger partial charge in [0.2, 0.25) is 0 Å². The Morgan fingerprint density at radius 3 is 3.15 bits per heavy atom. The third-order valence-electron chi connectivity index (χ3n) is 2.68. The summed E-state index contributed by atoms with van der Waals surface area (Å²) < 4.78 is 6.68. The van der Waals surface area contributed by atoms with Gasteiger partial charge in [-0.2, -0.15) is 16.4 Å². The minimum Gasteiger partial charge on any atom is -0.385 e. The highest BCUT2D eigenvalue weighted by atomic mass is 32.1. The minimum absolute atomic E-state index is 0.229. The van der Waals surface area contributed by atoms with Crippen LogP contribution in [0.15, 0.2) is 29.1 Å². The van der Waals surface area contributed by atoms with E-state index in [9.17, 15) is 4.79 Å². The highest BCUT2D eigenvalue weighted by molar-refractivity contribution is 7.07. The molecule has 0 bridgehead atoms. The van der Waals surface area contributed by atoms with Crippen LogP contribution in [0.3, 0.4) is 0 Å². The van der Waals surface area contributed by atoms with Gasteiger partial charge in [-0.1, -0.05) is 0 Å². The highest BCUT2D eigenvalue weighted by Gasteiger charge is 2.07. The summed E-state index contributed by atoms with van der Waals surface area (Å²) in [6, 6.07) is 3.59. The molecule has 2 heterocycles. The van der Waals surface area contributed by atoms with Crippen LogP contribution in [0.1, 0.15) is 12.0 Å². The Balaban J connectivity index is 1.83. The van der Waals surface area contributed by atoms with E-state index in [-0.39, 0.29) is 6.03 Å². The normalized spacial score (nSPS) is 10.4. The summed E-state index contributed by atoms with van der Waals surface area (Å²) >= 11 is 1.64. The molecule has 0 unspecified atom stereocenters. The Hall–Kier alpha value is -1.86. The Bertz CT molecular complexity index is 524. The van der Waals surface area contributed by atoms with Crippen LogP contribution in [0.5, 0.6) is 0 Å². The van der Waals surface area contributed by atoms with E-state index >= 15 is 0 Å². The van der Waals surface area contributed by atoms with Gasteiger partial charge in [0.05, 0.1) is 12.7 Å². The third kappa shape index (κ3) is 4.36. The molecule has 108 valence electrons. The fourth-order valence-corrected chi connectivity index (χ4v) is 2.36. The molecule has 2 rings (SSSR count). The fourth-order valence-electron chi connectivity index (χ4n) is 1.70. The summed E-state index contributed by atoms with van der Waals surface area (Å²) in [5.41, 5.74) is 1.17. The molecule has 0 aliphatic heterocycles. The molecule has 2 amide bonds. The first-order valence-corrected chi connectivity index (χ1v) is 7.30. The lowest BCUT2D eigenvalue weighted by molar-refractivity contribution is 0.194. The highest BCUT2D eigenvalue weighted by Crippen LogP contribution is 2.12. The van der Waals surface area contributed by atoms with Crippen molar-refractivity contribution < 1.29 is 9.53 Å². The summed E-state index contributed by atoms with van der Waals surface area (Å²) in [6.07, 6.45) is 2.46. The molecule has 0 aromatic carbocycles. The van der Waals surface area contributed by atoms with E-state index in [1.54, 1.807) is 35.4 Å². The molecule has 0 spiro atoms. The number of methoxy groups -OCH3 is 1. The molecule has 2 aromatic heterocycles. The Morgan fingerprint density at radius 2 is 2.40 bits per heavy atom. The second-order valence-electron chi connectivity index (χ2n) is 4.23. The molecule has 0 fully saturated rings. The van der Waals surface area contributed by atoms with Gasteiger partial charge in [-0.25, -0.2) is 9.48 Å². The van der Waals surface area contributed by atoms with E-state index < -0.39 is 0 Å². The number of hydrogen-bond donors (Lipinski definition) is 2. The molecule has 0 radical (unpaired) electrons. The van der Waals surface area contributed by atoms with Crippen molar-refractivity contribution in [2.75, 3.05) is 25.6 Å². The first-order valence-electron chi connectivity index (χ1n) is 6.36. The number of aromatic nitrogens is 2. The molecule has 0 aliphatic rings. The molecule has 6 nitrogen and oxygen atoms in total. The largest absolute Gasteiger partial charge is 0.385 e. The smallest absolute Gasteiger partial charge is 0.320 e.